The van der Waals surface area contributed by atoms with Gasteiger partial charge >= 0.3 is 0 Å². The van der Waals surface area contributed by atoms with Gasteiger partial charge in [-0.05, 0) is 12.5 Å². The number of aromatic nitrogens is 1. The number of hydrogen-bond acceptors (Lipinski definition) is 2. The first-order valence-corrected chi connectivity index (χ1v) is 7.25. The smallest absolute Gasteiger partial charge is 0.0963 e. The molecule has 0 radical (unpaired) electrons. The summed E-state index contributed by atoms with van der Waals surface area (Å²) >= 11 is 1.85. The molecule has 0 saturated carbocycles. The molecule has 1 aliphatic carbocycles. The number of allylic oxidation sites excluding steroid dienone is 2. The van der Waals surface area contributed by atoms with Crippen molar-refractivity contribution in [1.82, 2.24) is 4.98 Å². The summed E-state index contributed by atoms with van der Waals surface area (Å²) < 4.78 is 1.34. The lowest BCUT2D eigenvalue weighted by Gasteiger charge is -2.19. The maximum absolute atomic E-state index is 4.72. The monoisotopic (exact) mass is 247 g/mol. The lowest BCUT2D eigenvalue weighted by molar-refractivity contribution is 0.524. The molecule has 0 bridgehead atoms. The molecule has 0 amide bonds. The van der Waals surface area contributed by atoms with Crippen LogP contribution in [-0.4, -0.2) is 4.98 Å². The molecule has 1 nitrogen and oxygen atoms in total. The van der Waals surface area contributed by atoms with Crippen molar-refractivity contribution in [2.24, 2.45) is 5.41 Å². The van der Waals surface area contributed by atoms with E-state index in [1.807, 2.05) is 11.3 Å². The quantitative estimate of drug-likeness (QED) is 0.799. The normalized spacial score (nSPS) is 22.9. The molecule has 1 atom stereocenters. The van der Waals surface area contributed by atoms with Crippen LogP contribution < -0.4 is 9.88 Å². The minimum absolute atomic E-state index is 0.192. The van der Waals surface area contributed by atoms with E-state index in [1.54, 1.807) is 0 Å². The topological polar surface area (TPSA) is 12.9 Å². The van der Waals surface area contributed by atoms with Crippen LogP contribution in [0.15, 0.2) is 12.2 Å². The lowest BCUT2D eigenvalue weighted by Crippen LogP contribution is -2.23. The number of fused-ring (bicyclic) bond motifs is 1. The summed E-state index contributed by atoms with van der Waals surface area (Å²) in [5.41, 5.74) is 0.192. The van der Waals surface area contributed by atoms with Crippen molar-refractivity contribution < 1.29 is 0 Å². The van der Waals surface area contributed by atoms with E-state index in [0.29, 0.717) is 5.92 Å². The van der Waals surface area contributed by atoms with Gasteiger partial charge in [0.15, 0.2) is 0 Å². The van der Waals surface area contributed by atoms with Gasteiger partial charge in [0.1, 0.15) is 0 Å². The van der Waals surface area contributed by atoms with Gasteiger partial charge in [0, 0.05) is 11.3 Å². The molecule has 17 heavy (non-hydrogen) atoms. The molecule has 2 heteroatoms. The van der Waals surface area contributed by atoms with Gasteiger partial charge in [-0.2, -0.15) is 0 Å². The molecule has 0 aliphatic heterocycles. The second-order valence-corrected chi connectivity index (χ2v) is 6.44. The van der Waals surface area contributed by atoms with Crippen LogP contribution in [0, 0.1) is 5.41 Å². The van der Waals surface area contributed by atoms with Crippen molar-refractivity contribution in [3.05, 3.63) is 27.0 Å². The first-order valence-electron chi connectivity index (χ1n) is 6.43. The Morgan fingerprint density at radius 3 is 2.82 bits per heavy atom. The Balaban J connectivity index is 2.53. The van der Waals surface area contributed by atoms with E-state index >= 15 is 0 Å². The third-order valence-corrected chi connectivity index (χ3v) is 4.49. The average Bonchev–Trinajstić information content (AvgIpc) is 2.55. The summed E-state index contributed by atoms with van der Waals surface area (Å²) in [7, 11) is 0. The summed E-state index contributed by atoms with van der Waals surface area (Å²) in [4.78, 5) is 4.72. The van der Waals surface area contributed by atoms with Gasteiger partial charge in [-0.25, -0.2) is 4.98 Å². The van der Waals surface area contributed by atoms with Crippen molar-refractivity contribution in [3.8, 4) is 0 Å². The first-order chi connectivity index (χ1) is 8.04. The zero-order valence-corrected chi connectivity index (χ0v) is 12.0. The molecule has 1 aromatic rings. The molecule has 1 unspecified atom stereocenters. The lowest BCUT2D eigenvalue weighted by atomic mass is 9.85. The molecule has 0 saturated heterocycles. The molecular weight excluding hydrogens is 226 g/mol. The number of nitrogens with zero attached hydrogens (tertiary/aromatic N) is 1. The molecule has 0 N–H and O–H groups in total. The van der Waals surface area contributed by atoms with Gasteiger partial charge in [0.2, 0.25) is 0 Å². The standard InChI is InChI=1S/C15H21NS/c1-5-8-15(4)9-6-7-12-13(10-15)17-14(16-12)11(2)3/h6-7,9-11H,5,8H2,1-4H3. The third kappa shape index (κ3) is 2.68. The van der Waals surface area contributed by atoms with Gasteiger partial charge in [-0.15, -0.1) is 11.3 Å². The minimum Gasteiger partial charge on any atom is -0.241 e. The second-order valence-electron chi connectivity index (χ2n) is 5.38. The van der Waals surface area contributed by atoms with E-state index in [1.165, 1.54) is 22.4 Å². The molecular formula is C15H21NS. The summed E-state index contributed by atoms with van der Waals surface area (Å²) in [6.45, 7) is 8.97. The Morgan fingerprint density at radius 1 is 1.41 bits per heavy atom. The Bertz CT molecular complexity index is 536. The largest absolute Gasteiger partial charge is 0.241 e. The third-order valence-electron chi connectivity index (χ3n) is 3.17. The van der Waals surface area contributed by atoms with Crippen molar-refractivity contribution in [2.75, 3.05) is 0 Å². The minimum atomic E-state index is 0.192. The molecule has 0 fully saturated rings. The maximum Gasteiger partial charge on any atom is 0.0963 e. The van der Waals surface area contributed by atoms with Gasteiger partial charge in [0.25, 0.3) is 0 Å². The molecule has 1 heterocycles. The van der Waals surface area contributed by atoms with Crippen LogP contribution in [0.4, 0.5) is 0 Å². The van der Waals surface area contributed by atoms with E-state index in [4.69, 9.17) is 4.98 Å². The van der Waals surface area contributed by atoms with E-state index in [-0.39, 0.29) is 5.41 Å². The summed E-state index contributed by atoms with van der Waals surface area (Å²) in [5, 5.41) is 2.39. The average molecular weight is 247 g/mol. The van der Waals surface area contributed by atoms with E-state index in [9.17, 15) is 0 Å². The van der Waals surface area contributed by atoms with Crippen LogP contribution in [0.1, 0.15) is 51.5 Å². The number of hydrogen-bond donors (Lipinski definition) is 0. The Kier molecular flexibility index (Phi) is 3.53. The molecule has 2 rings (SSSR count). The summed E-state index contributed by atoms with van der Waals surface area (Å²) in [5.74, 6) is 0.523. The van der Waals surface area contributed by atoms with Gasteiger partial charge in [0.05, 0.1) is 14.9 Å². The van der Waals surface area contributed by atoms with Crippen molar-refractivity contribution in [1.29, 1.82) is 0 Å². The van der Waals surface area contributed by atoms with Crippen molar-refractivity contribution in [2.45, 2.75) is 46.5 Å². The molecule has 1 aromatic heterocycles. The van der Waals surface area contributed by atoms with Crippen LogP contribution >= 0.6 is 11.3 Å². The number of thiazole rings is 1. The second kappa shape index (κ2) is 4.77. The molecule has 0 aromatic carbocycles. The molecule has 92 valence electrons. The molecule has 0 spiro atoms. The number of rotatable bonds is 3. The fourth-order valence-corrected chi connectivity index (χ4v) is 3.38. The van der Waals surface area contributed by atoms with Crippen molar-refractivity contribution in [3.63, 3.8) is 0 Å². The highest BCUT2D eigenvalue weighted by Gasteiger charge is 2.18. The van der Waals surface area contributed by atoms with E-state index in [0.717, 1.165) is 5.35 Å². The van der Waals surface area contributed by atoms with Gasteiger partial charge in [-0.3, -0.25) is 0 Å². The fraction of sp³-hybridized carbons (Fsp3) is 0.533. The fourth-order valence-electron chi connectivity index (χ4n) is 2.23. The molecule has 1 aliphatic rings. The summed E-state index contributed by atoms with van der Waals surface area (Å²) in [6.07, 6.45) is 11.4. The predicted molar refractivity (Wildman–Crippen MR) is 76.5 cm³/mol. The predicted octanol–water partition coefficient (Wildman–Crippen LogP) is 3.20. The summed E-state index contributed by atoms with van der Waals surface area (Å²) in [6, 6.07) is 0. The van der Waals surface area contributed by atoms with Gasteiger partial charge in [-0.1, -0.05) is 52.3 Å². The van der Waals surface area contributed by atoms with Crippen LogP contribution in [0.2, 0.25) is 0 Å². The maximum atomic E-state index is 4.72. The van der Waals surface area contributed by atoms with E-state index < -0.39 is 0 Å². The van der Waals surface area contributed by atoms with Crippen LogP contribution in [0.5, 0.6) is 0 Å². The SMILES string of the molecule is CCCC1(C)C=CC=c2nc(C(C)C)sc2=C1. The zero-order valence-electron chi connectivity index (χ0n) is 11.2. The van der Waals surface area contributed by atoms with Crippen LogP contribution in [-0.2, 0) is 0 Å². The highest BCUT2D eigenvalue weighted by molar-refractivity contribution is 7.09. The highest BCUT2D eigenvalue weighted by atomic mass is 32.1. The first kappa shape index (κ1) is 12.6. The zero-order chi connectivity index (χ0) is 12.5. The van der Waals surface area contributed by atoms with Crippen LogP contribution in [0.25, 0.3) is 12.2 Å². The van der Waals surface area contributed by atoms with Gasteiger partial charge < -0.3 is 0 Å². The highest BCUT2D eigenvalue weighted by Crippen LogP contribution is 2.28. The Morgan fingerprint density at radius 2 is 2.18 bits per heavy atom. The van der Waals surface area contributed by atoms with E-state index in [2.05, 4.69) is 52.0 Å². The van der Waals surface area contributed by atoms with Crippen molar-refractivity contribution >= 4 is 23.5 Å². The Hall–Kier alpha value is -0.890. The Labute approximate surface area is 108 Å². The van der Waals surface area contributed by atoms with Crippen LogP contribution in [0.3, 0.4) is 0 Å².